The molecule has 0 aliphatic rings. The van der Waals surface area contributed by atoms with Gasteiger partial charge in [0.1, 0.15) is 17.4 Å². The standard InChI is InChI=1S/C20H18N6OS/c27-19(18(26-14-22-24-25-26)11-15-7-3-1-4-8-15)21-12-17-13-28-20(23-17)16-9-5-2-6-10-16/h1-10,13-14,18H,11-12H2,(H,21,27). The fourth-order valence-electron chi connectivity index (χ4n) is 2.85. The summed E-state index contributed by atoms with van der Waals surface area (Å²) < 4.78 is 1.48. The van der Waals surface area contributed by atoms with Gasteiger partial charge in [-0.1, -0.05) is 60.7 Å². The topological polar surface area (TPSA) is 85.6 Å². The molecule has 2 heterocycles. The van der Waals surface area contributed by atoms with Gasteiger partial charge in [0.2, 0.25) is 5.91 Å². The number of thiazole rings is 1. The molecule has 0 aliphatic heterocycles. The van der Waals surface area contributed by atoms with Crippen LogP contribution in [0.3, 0.4) is 0 Å². The fourth-order valence-corrected chi connectivity index (χ4v) is 3.68. The van der Waals surface area contributed by atoms with Crippen molar-refractivity contribution in [3.05, 3.63) is 83.6 Å². The summed E-state index contributed by atoms with van der Waals surface area (Å²) in [5, 5.41) is 17.1. The smallest absolute Gasteiger partial charge is 0.245 e. The molecule has 140 valence electrons. The fraction of sp³-hybridized carbons (Fsp3) is 0.150. The van der Waals surface area contributed by atoms with Gasteiger partial charge in [0, 0.05) is 17.4 Å². The largest absolute Gasteiger partial charge is 0.349 e. The molecular weight excluding hydrogens is 372 g/mol. The van der Waals surface area contributed by atoms with E-state index in [-0.39, 0.29) is 5.91 Å². The van der Waals surface area contributed by atoms with Crippen LogP contribution in [0.2, 0.25) is 0 Å². The highest BCUT2D eigenvalue weighted by molar-refractivity contribution is 7.13. The molecule has 2 aromatic carbocycles. The summed E-state index contributed by atoms with van der Waals surface area (Å²) in [7, 11) is 0. The molecule has 4 rings (SSSR count). The molecule has 1 amide bonds. The van der Waals surface area contributed by atoms with Gasteiger partial charge in [0.15, 0.2) is 0 Å². The third kappa shape index (κ3) is 4.29. The van der Waals surface area contributed by atoms with Gasteiger partial charge in [-0.25, -0.2) is 9.67 Å². The zero-order valence-corrected chi connectivity index (χ0v) is 15.8. The van der Waals surface area contributed by atoms with Crippen molar-refractivity contribution in [3.63, 3.8) is 0 Å². The SMILES string of the molecule is O=C(NCc1csc(-c2ccccc2)n1)C(Cc1ccccc1)n1cnnn1. The lowest BCUT2D eigenvalue weighted by Gasteiger charge is -2.16. The van der Waals surface area contributed by atoms with Crippen molar-refractivity contribution < 1.29 is 4.79 Å². The Hall–Kier alpha value is -3.39. The molecule has 1 N–H and O–H groups in total. The Bertz CT molecular complexity index is 1020. The van der Waals surface area contributed by atoms with E-state index in [0.717, 1.165) is 21.8 Å². The summed E-state index contributed by atoms with van der Waals surface area (Å²) in [4.78, 5) is 17.5. The van der Waals surface area contributed by atoms with Crippen LogP contribution in [0.1, 0.15) is 17.3 Å². The van der Waals surface area contributed by atoms with Crippen molar-refractivity contribution >= 4 is 17.2 Å². The van der Waals surface area contributed by atoms with E-state index in [9.17, 15) is 4.79 Å². The zero-order valence-electron chi connectivity index (χ0n) is 15.0. The van der Waals surface area contributed by atoms with E-state index in [1.165, 1.54) is 11.0 Å². The third-order valence-electron chi connectivity index (χ3n) is 4.27. The highest BCUT2D eigenvalue weighted by Crippen LogP contribution is 2.23. The second-order valence-electron chi connectivity index (χ2n) is 6.22. The minimum absolute atomic E-state index is 0.148. The van der Waals surface area contributed by atoms with Crippen LogP contribution in [0.25, 0.3) is 10.6 Å². The summed E-state index contributed by atoms with van der Waals surface area (Å²) in [6.07, 6.45) is 1.97. The molecule has 0 saturated carbocycles. The van der Waals surface area contributed by atoms with Crippen LogP contribution in [-0.4, -0.2) is 31.1 Å². The Morgan fingerprint density at radius 2 is 1.82 bits per heavy atom. The molecule has 28 heavy (non-hydrogen) atoms. The molecule has 7 nitrogen and oxygen atoms in total. The van der Waals surface area contributed by atoms with Crippen LogP contribution in [0.15, 0.2) is 72.4 Å². The average molecular weight is 390 g/mol. The number of hydrogen-bond donors (Lipinski definition) is 1. The Morgan fingerprint density at radius 1 is 1.07 bits per heavy atom. The van der Waals surface area contributed by atoms with Crippen molar-refractivity contribution in [1.82, 2.24) is 30.5 Å². The summed E-state index contributed by atoms with van der Waals surface area (Å²) in [6.45, 7) is 0.357. The van der Waals surface area contributed by atoms with E-state index in [0.29, 0.717) is 13.0 Å². The van der Waals surface area contributed by atoms with Crippen molar-refractivity contribution in [2.24, 2.45) is 0 Å². The number of aromatic nitrogens is 5. The molecule has 0 bridgehead atoms. The number of carbonyl (C=O) groups excluding carboxylic acids is 1. The number of amides is 1. The van der Waals surface area contributed by atoms with Crippen molar-refractivity contribution in [2.75, 3.05) is 0 Å². The van der Waals surface area contributed by atoms with Gasteiger partial charge < -0.3 is 5.32 Å². The second kappa shape index (κ2) is 8.53. The maximum Gasteiger partial charge on any atom is 0.245 e. The summed E-state index contributed by atoms with van der Waals surface area (Å²) in [5.41, 5.74) is 2.94. The van der Waals surface area contributed by atoms with E-state index in [1.54, 1.807) is 11.3 Å². The van der Waals surface area contributed by atoms with Gasteiger partial charge in [-0.05, 0) is 16.0 Å². The highest BCUT2D eigenvalue weighted by atomic mass is 32.1. The lowest BCUT2D eigenvalue weighted by molar-refractivity contribution is -0.124. The van der Waals surface area contributed by atoms with Crippen LogP contribution in [0.5, 0.6) is 0 Å². The number of carbonyl (C=O) groups is 1. The number of tetrazole rings is 1. The number of hydrogen-bond acceptors (Lipinski definition) is 6. The van der Waals surface area contributed by atoms with E-state index >= 15 is 0 Å². The van der Waals surface area contributed by atoms with Crippen LogP contribution < -0.4 is 5.32 Å². The van der Waals surface area contributed by atoms with Crippen molar-refractivity contribution in [1.29, 1.82) is 0 Å². The molecule has 0 aliphatic carbocycles. The first-order chi connectivity index (χ1) is 13.8. The Balaban J connectivity index is 1.44. The molecule has 8 heteroatoms. The first kappa shape index (κ1) is 18.0. The molecule has 1 unspecified atom stereocenters. The third-order valence-corrected chi connectivity index (χ3v) is 5.22. The quantitative estimate of drug-likeness (QED) is 0.524. The maximum absolute atomic E-state index is 12.8. The van der Waals surface area contributed by atoms with Crippen LogP contribution >= 0.6 is 11.3 Å². The van der Waals surface area contributed by atoms with Crippen LogP contribution in [-0.2, 0) is 17.8 Å². The zero-order chi connectivity index (χ0) is 19.2. The van der Waals surface area contributed by atoms with E-state index in [4.69, 9.17) is 0 Å². The molecule has 0 spiro atoms. The van der Waals surface area contributed by atoms with E-state index in [1.807, 2.05) is 66.0 Å². The van der Waals surface area contributed by atoms with Gasteiger partial charge in [0.25, 0.3) is 0 Å². The first-order valence-electron chi connectivity index (χ1n) is 8.83. The summed E-state index contributed by atoms with van der Waals surface area (Å²) in [5.74, 6) is -0.148. The lowest BCUT2D eigenvalue weighted by Crippen LogP contribution is -2.34. The monoisotopic (exact) mass is 390 g/mol. The predicted molar refractivity (Wildman–Crippen MR) is 106 cm³/mol. The maximum atomic E-state index is 12.8. The second-order valence-corrected chi connectivity index (χ2v) is 7.08. The molecule has 0 radical (unpaired) electrons. The summed E-state index contributed by atoms with van der Waals surface area (Å²) >= 11 is 1.56. The van der Waals surface area contributed by atoms with Gasteiger partial charge in [-0.15, -0.1) is 16.4 Å². The number of benzene rings is 2. The van der Waals surface area contributed by atoms with Gasteiger partial charge >= 0.3 is 0 Å². The lowest BCUT2D eigenvalue weighted by atomic mass is 10.1. The van der Waals surface area contributed by atoms with Gasteiger partial charge in [-0.3, -0.25) is 4.79 Å². The predicted octanol–water partition coefficient (Wildman–Crippen LogP) is 2.90. The number of nitrogens with zero attached hydrogens (tertiary/aromatic N) is 5. The van der Waals surface area contributed by atoms with Crippen LogP contribution in [0.4, 0.5) is 0 Å². The average Bonchev–Trinajstić information content (AvgIpc) is 3.44. The molecule has 0 saturated heterocycles. The Kier molecular flexibility index (Phi) is 5.48. The highest BCUT2D eigenvalue weighted by Gasteiger charge is 2.22. The number of rotatable bonds is 7. The van der Waals surface area contributed by atoms with Crippen LogP contribution in [0, 0.1) is 0 Å². The molecule has 2 aromatic heterocycles. The van der Waals surface area contributed by atoms with Gasteiger partial charge in [0.05, 0.1) is 12.2 Å². The normalized spacial score (nSPS) is 11.9. The van der Waals surface area contributed by atoms with Gasteiger partial charge in [-0.2, -0.15) is 0 Å². The molecule has 1 atom stereocenters. The van der Waals surface area contributed by atoms with Crippen molar-refractivity contribution in [3.8, 4) is 10.6 Å². The summed E-state index contributed by atoms with van der Waals surface area (Å²) in [6, 6.07) is 19.3. The Labute approximate surface area is 166 Å². The molecule has 0 fully saturated rings. The van der Waals surface area contributed by atoms with E-state index in [2.05, 4.69) is 25.8 Å². The number of nitrogens with one attached hydrogen (secondary N) is 1. The minimum Gasteiger partial charge on any atom is -0.349 e. The van der Waals surface area contributed by atoms with E-state index < -0.39 is 6.04 Å². The Morgan fingerprint density at radius 3 is 2.54 bits per heavy atom. The van der Waals surface area contributed by atoms with Crippen molar-refractivity contribution in [2.45, 2.75) is 19.0 Å². The first-order valence-corrected chi connectivity index (χ1v) is 9.71. The molecule has 4 aromatic rings. The molecular formula is C20H18N6OS. The minimum atomic E-state index is -0.523.